The van der Waals surface area contributed by atoms with Gasteiger partial charge in [-0.1, -0.05) is 6.07 Å². The number of nitrogens with zero attached hydrogens (tertiary/aromatic N) is 1. The van der Waals surface area contributed by atoms with Crippen LogP contribution in [0.1, 0.15) is 23.2 Å². The van der Waals surface area contributed by atoms with Gasteiger partial charge in [0.1, 0.15) is 0 Å². The van der Waals surface area contributed by atoms with Crippen molar-refractivity contribution in [1.82, 2.24) is 20.5 Å². The van der Waals surface area contributed by atoms with Crippen LogP contribution in [0.25, 0.3) is 0 Å². The van der Waals surface area contributed by atoms with Crippen molar-refractivity contribution in [3.05, 3.63) is 29.8 Å². The molecule has 9 nitrogen and oxygen atoms in total. The molecule has 3 amide bonds. The smallest absolute Gasteiger partial charge is 0.327 e. The fourth-order valence-corrected chi connectivity index (χ4v) is 2.68. The number of carbonyl (C=O) groups is 3. The van der Waals surface area contributed by atoms with E-state index in [1.54, 1.807) is 0 Å². The fraction of sp³-hybridized carbons (Fsp3) is 0.357. The number of hydrogen-bond donors (Lipinski definition) is 3. The molecule has 3 N–H and O–H groups in total. The molecule has 130 valence electrons. The Balaban J connectivity index is 1.99. The Morgan fingerprint density at radius 1 is 1.08 bits per heavy atom. The van der Waals surface area contributed by atoms with Crippen LogP contribution in [0.2, 0.25) is 0 Å². The molecule has 1 aliphatic rings. The summed E-state index contributed by atoms with van der Waals surface area (Å²) in [6.07, 6.45) is 1.66. The molecular formula is C14H18N4O5S. The van der Waals surface area contributed by atoms with Crippen molar-refractivity contribution in [2.75, 3.05) is 14.1 Å². The number of carbonyl (C=O) groups excluding carboxylic acids is 3. The summed E-state index contributed by atoms with van der Waals surface area (Å²) in [5.41, 5.74) is 4.09. The van der Waals surface area contributed by atoms with Crippen molar-refractivity contribution in [3.63, 3.8) is 0 Å². The van der Waals surface area contributed by atoms with Gasteiger partial charge in [-0.2, -0.15) is 0 Å². The Labute approximate surface area is 139 Å². The summed E-state index contributed by atoms with van der Waals surface area (Å²) in [7, 11) is -0.931. The number of hydrogen-bond acceptors (Lipinski definition) is 5. The second kappa shape index (κ2) is 6.97. The van der Waals surface area contributed by atoms with Gasteiger partial charge in [-0.15, -0.1) is 0 Å². The summed E-state index contributed by atoms with van der Waals surface area (Å²) < 4.78 is 25.1. The molecular weight excluding hydrogens is 336 g/mol. The Kier molecular flexibility index (Phi) is 5.20. The molecule has 1 aromatic rings. The van der Waals surface area contributed by atoms with Gasteiger partial charge in [-0.3, -0.25) is 25.2 Å². The number of amides is 3. The van der Waals surface area contributed by atoms with Gasteiger partial charge in [-0.05, 0) is 31.0 Å². The average Bonchev–Trinajstić information content (AvgIpc) is 3.36. The Morgan fingerprint density at radius 2 is 1.75 bits per heavy atom. The van der Waals surface area contributed by atoms with Crippen LogP contribution < -0.4 is 16.2 Å². The van der Waals surface area contributed by atoms with E-state index >= 15 is 0 Å². The van der Waals surface area contributed by atoms with Crippen molar-refractivity contribution in [2.45, 2.75) is 23.8 Å². The summed E-state index contributed by atoms with van der Waals surface area (Å²) in [6, 6.07) is 5.36. The molecule has 0 aliphatic heterocycles. The topological polar surface area (TPSA) is 125 Å². The van der Waals surface area contributed by atoms with Crippen molar-refractivity contribution in [1.29, 1.82) is 0 Å². The lowest BCUT2D eigenvalue weighted by atomic mass is 10.2. The molecule has 0 aromatic heterocycles. The molecule has 1 fully saturated rings. The third-order valence-electron chi connectivity index (χ3n) is 3.28. The van der Waals surface area contributed by atoms with Crippen LogP contribution in [0.4, 0.5) is 0 Å². The molecule has 0 radical (unpaired) electrons. The minimum absolute atomic E-state index is 0.0203. The number of sulfonamides is 1. The van der Waals surface area contributed by atoms with E-state index < -0.39 is 27.7 Å². The highest BCUT2D eigenvalue weighted by Gasteiger charge is 2.26. The molecule has 10 heteroatoms. The lowest BCUT2D eigenvalue weighted by Crippen LogP contribution is -2.49. The van der Waals surface area contributed by atoms with Crippen molar-refractivity contribution in [3.8, 4) is 0 Å². The van der Waals surface area contributed by atoms with Crippen LogP contribution in [0, 0.1) is 0 Å². The van der Waals surface area contributed by atoms with Crippen LogP contribution in [0.5, 0.6) is 0 Å². The Hall–Kier alpha value is -2.46. The molecule has 0 atom stereocenters. The van der Waals surface area contributed by atoms with Crippen LogP contribution in [0.3, 0.4) is 0 Å². The first-order chi connectivity index (χ1) is 11.2. The first-order valence-electron chi connectivity index (χ1n) is 7.15. The molecule has 1 saturated carbocycles. The van der Waals surface area contributed by atoms with Crippen LogP contribution in [-0.2, 0) is 19.6 Å². The summed E-state index contributed by atoms with van der Waals surface area (Å²) in [6.45, 7) is 0. The molecule has 0 unspecified atom stereocenters. The molecule has 0 heterocycles. The number of hydrazine groups is 1. The van der Waals surface area contributed by atoms with Crippen molar-refractivity contribution < 1.29 is 22.8 Å². The van der Waals surface area contributed by atoms with Crippen molar-refractivity contribution >= 4 is 27.7 Å². The van der Waals surface area contributed by atoms with E-state index in [2.05, 4.69) is 10.7 Å². The minimum Gasteiger partial charge on any atom is -0.345 e. The van der Waals surface area contributed by atoms with E-state index in [0.717, 1.165) is 17.1 Å². The molecule has 0 saturated heterocycles. The maximum absolute atomic E-state index is 12.0. The zero-order chi connectivity index (χ0) is 17.9. The standard InChI is InChI=1S/C14H18N4O5S/c1-18(2)24(22,23)11-5-3-4-9(8-11)12(19)16-17-14(21)13(20)15-10-6-7-10/h3-5,8,10H,6-7H2,1-2H3,(H,15,20)(H,16,19)(H,17,21). The van der Waals surface area contributed by atoms with Gasteiger partial charge in [0.25, 0.3) is 5.91 Å². The van der Waals surface area contributed by atoms with E-state index in [-0.39, 0.29) is 16.5 Å². The third kappa shape index (κ3) is 4.30. The molecule has 1 aliphatic carbocycles. The summed E-state index contributed by atoms with van der Waals surface area (Å²) in [5, 5.41) is 2.47. The molecule has 2 rings (SSSR count). The quantitative estimate of drug-likeness (QED) is 0.471. The first-order valence-corrected chi connectivity index (χ1v) is 8.59. The van der Waals surface area contributed by atoms with E-state index in [9.17, 15) is 22.8 Å². The SMILES string of the molecule is CN(C)S(=O)(=O)c1cccc(C(=O)NNC(=O)C(=O)NC2CC2)c1. The fourth-order valence-electron chi connectivity index (χ4n) is 1.73. The highest BCUT2D eigenvalue weighted by molar-refractivity contribution is 7.89. The highest BCUT2D eigenvalue weighted by Crippen LogP contribution is 2.18. The second-order valence-corrected chi connectivity index (χ2v) is 7.62. The number of rotatable bonds is 4. The van der Waals surface area contributed by atoms with Crippen LogP contribution >= 0.6 is 0 Å². The summed E-state index contributed by atoms with van der Waals surface area (Å²) in [5.74, 6) is -2.56. The normalized spacial score (nSPS) is 14.1. The van der Waals surface area contributed by atoms with E-state index in [0.29, 0.717) is 0 Å². The van der Waals surface area contributed by atoms with Gasteiger partial charge < -0.3 is 5.32 Å². The van der Waals surface area contributed by atoms with Gasteiger partial charge in [0, 0.05) is 25.7 Å². The molecule has 0 bridgehead atoms. The maximum Gasteiger partial charge on any atom is 0.327 e. The lowest BCUT2D eigenvalue weighted by molar-refractivity contribution is -0.139. The average molecular weight is 354 g/mol. The van der Waals surface area contributed by atoms with Crippen molar-refractivity contribution in [2.24, 2.45) is 0 Å². The predicted octanol–water partition coefficient (Wildman–Crippen LogP) is -1.02. The summed E-state index contributed by atoms with van der Waals surface area (Å²) >= 11 is 0. The monoisotopic (exact) mass is 354 g/mol. The van der Waals surface area contributed by atoms with Gasteiger partial charge in [0.2, 0.25) is 10.0 Å². The maximum atomic E-state index is 12.0. The van der Waals surface area contributed by atoms with E-state index in [1.165, 1.54) is 38.4 Å². The van der Waals surface area contributed by atoms with Gasteiger partial charge in [0.15, 0.2) is 0 Å². The molecule has 1 aromatic carbocycles. The van der Waals surface area contributed by atoms with Gasteiger partial charge >= 0.3 is 11.8 Å². The zero-order valence-electron chi connectivity index (χ0n) is 13.2. The van der Waals surface area contributed by atoms with Gasteiger partial charge in [0.05, 0.1) is 4.90 Å². The Bertz CT molecular complexity index is 771. The van der Waals surface area contributed by atoms with E-state index in [1.807, 2.05) is 5.43 Å². The second-order valence-electron chi connectivity index (χ2n) is 5.47. The lowest BCUT2D eigenvalue weighted by Gasteiger charge is -2.12. The third-order valence-corrected chi connectivity index (χ3v) is 5.09. The molecule has 0 spiro atoms. The first kappa shape index (κ1) is 17.9. The van der Waals surface area contributed by atoms with E-state index in [4.69, 9.17) is 0 Å². The predicted molar refractivity (Wildman–Crippen MR) is 84.1 cm³/mol. The summed E-state index contributed by atoms with van der Waals surface area (Å²) in [4.78, 5) is 34.9. The molecule has 24 heavy (non-hydrogen) atoms. The van der Waals surface area contributed by atoms with Crippen LogP contribution in [0.15, 0.2) is 29.2 Å². The van der Waals surface area contributed by atoms with Gasteiger partial charge in [-0.25, -0.2) is 12.7 Å². The zero-order valence-corrected chi connectivity index (χ0v) is 14.0. The highest BCUT2D eigenvalue weighted by atomic mass is 32.2. The number of nitrogens with one attached hydrogen (secondary N) is 3. The minimum atomic E-state index is -3.68. The largest absolute Gasteiger partial charge is 0.345 e. The van der Waals surface area contributed by atoms with Crippen LogP contribution in [-0.4, -0.2) is 50.6 Å². The Morgan fingerprint density at radius 3 is 2.33 bits per heavy atom. The number of benzene rings is 1.